The van der Waals surface area contributed by atoms with E-state index in [1.54, 1.807) is 0 Å². The Morgan fingerprint density at radius 1 is 0.367 bits per heavy atom. The fourth-order valence-electron chi connectivity index (χ4n) is 3.52. The van der Waals surface area contributed by atoms with Gasteiger partial charge in [0, 0.05) is 0 Å². The predicted molar refractivity (Wildman–Crippen MR) is 123 cm³/mol. The molecular formula is C23H7F32N3O2. The molecule has 0 aromatic carbocycles. The third-order valence-electron chi connectivity index (χ3n) is 7.13. The lowest BCUT2D eigenvalue weighted by molar-refractivity contribution is -0.443. The van der Waals surface area contributed by atoms with E-state index >= 15 is 0 Å². The Bertz CT molecular complexity index is 1630. The maximum Gasteiger partial charge on any atom is 0.393 e. The zero-order chi connectivity index (χ0) is 48.7. The summed E-state index contributed by atoms with van der Waals surface area (Å²) in [5.74, 6) is -133. The smallest absolute Gasteiger partial charge is 0.305 e. The van der Waals surface area contributed by atoms with E-state index in [1.807, 2.05) is 0 Å². The van der Waals surface area contributed by atoms with Crippen LogP contribution in [0.25, 0.3) is 0 Å². The second-order valence-corrected chi connectivity index (χ2v) is 11.1. The standard InChI is InChI=1S/C23H7F32N3O2/c24-6(25)10(28,29)14(36,37)18(44,45)22(52,53)20(48,49)16(40,41)12(32,33)8(59)57-4-2-1-3-5(56-4)58-9(60)13(34,35)17(42,43)21(50,51)23(54,55)19(46,47)15(38,39)11(30,31)7(26)27/h1-3,6-7H,(H2,56,57,58,59,60). The summed E-state index contributed by atoms with van der Waals surface area (Å²) in [4.78, 5) is 25.6. The van der Waals surface area contributed by atoms with E-state index in [-0.39, 0.29) is 28.8 Å². The Morgan fingerprint density at radius 3 is 0.783 bits per heavy atom. The third kappa shape index (κ3) is 7.07. The highest BCUT2D eigenvalue weighted by atomic mass is 19.4. The van der Waals surface area contributed by atoms with Crippen LogP contribution in [0.3, 0.4) is 0 Å². The molecule has 1 aromatic heterocycles. The van der Waals surface area contributed by atoms with Crippen molar-refractivity contribution in [3.63, 3.8) is 0 Å². The molecule has 0 saturated carbocycles. The first-order valence-corrected chi connectivity index (χ1v) is 13.3. The molecule has 0 spiro atoms. The van der Waals surface area contributed by atoms with Crippen molar-refractivity contribution in [3.8, 4) is 0 Å². The van der Waals surface area contributed by atoms with Gasteiger partial charge in [0.15, 0.2) is 0 Å². The van der Waals surface area contributed by atoms with Crippen molar-refractivity contribution in [1.82, 2.24) is 4.98 Å². The largest absolute Gasteiger partial charge is 0.393 e. The van der Waals surface area contributed by atoms with Gasteiger partial charge in [-0.05, 0) is 12.1 Å². The highest BCUT2D eigenvalue weighted by Crippen LogP contribution is 2.64. The molecule has 0 atom stereocenters. The second kappa shape index (κ2) is 14.7. The molecule has 5 nitrogen and oxygen atoms in total. The summed E-state index contributed by atoms with van der Waals surface area (Å²) >= 11 is 0. The number of hydrogen-bond acceptors (Lipinski definition) is 3. The van der Waals surface area contributed by atoms with Crippen molar-refractivity contribution in [2.24, 2.45) is 0 Å². The summed E-state index contributed by atoms with van der Waals surface area (Å²) < 4.78 is 431. The average molecular weight is 965 g/mol. The number of carbonyl (C=O) groups excluding carboxylic acids is 2. The molecule has 0 aliphatic rings. The molecule has 60 heavy (non-hydrogen) atoms. The molecule has 1 aromatic rings. The minimum absolute atomic E-state index is 0.00931. The number of pyridine rings is 1. The van der Waals surface area contributed by atoms with Gasteiger partial charge in [-0.2, -0.15) is 123 Å². The van der Waals surface area contributed by atoms with Crippen molar-refractivity contribution in [2.75, 3.05) is 10.6 Å². The molecule has 2 amide bonds. The van der Waals surface area contributed by atoms with Gasteiger partial charge in [0.1, 0.15) is 11.6 Å². The van der Waals surface area contributed by atoms with Crippen molar-refractivity contribution < 1.29 is 150 Å². The van der Waals surface area contributed by atoms with E-state index < -0.39 is 119 Å². The molecule has 0 saturated heterocycles. The van der Waals surface area contributed by atoms with Crippen LogP contribution in [0.4, 0.5) is 152 Å². The van der Waals surface area contributed by atoms with Crippen molar-refractivity contribution in [1.29, 1.82) is 0 Å². The fraction of sp³-hybridized carbons (Fsp3) is 0.696. The van der Waals surface area contributed by atoms with Crippen LogP contribution >= 0.6 is 0 Å². The Morgan fingerprint density at radius 2 is 0.567 bits per heavy atom. The number of anilines is 2. The lowest BCUT2D eigenvalue weighted by Crippen LogP contribution is -2.74. The van der Waals surface area contributed by atoms with Crippen LogP contribution in [0, 0.1) is 0 Å². The Labute approximate surface area is 304 Å². The van der Waals surface area contributed by atoms with Crippen LogP contribution in [0.5, 0.6) is 0 Å². The van der Waals surface area contributed by atoms with Gasteiger partial charge in [-0.15, -0.1) is 0 Å². The summed E-state index contributed by atoms with van der Waals surface area (Å²) in [6, 6.07) is -0.767. The monoisotopic (exact) mass is 965 g/mol. The second-order valence-electron chi connectivity index (χ2n) is 11.1. The summed E-state index contributed by atoms with van der Waals surface area (Å²) in [7, 11) is 0. The van der Waals surface area contributed by atoms with Gasteiger partial charge < -0.3 is 10.6 Å². The fourth-order valence-corrected chi connectivity index (χ4v) is 3.52. The molecular weight excluding hydrogens is 958 g/mol. The lowest BCUT2D eigenvalue weighted by Gasteiger charge is -2.42. The molecule has 0 bridgehead atoms. The number of nitrogens with zero attached hydrogens (tertiary/aromatic N) is 1. The SMILES string of the molecule is O=C(Nc1cccc(NC(=O)C(F)(F)C(F)(F)C(F)(F)C(F)(F)C(F)(F)C(F)(F)C(F)(F)C(F)F)n1)C(F)(F)C(F)(F)C(F)(F)C(F)(F)C(F)(F)C(F)(F)C(F)(F)C(F)F. The highest BCUT2D eigenvalue weighted by Gasteiger charge is 2.96. The van der Waals surface area contributed by atoms with E-state index in [4.69, 9.17) is 0 Å². The summed E-state index contributed by atoms with van der Waals surface area (Å²) in [6.07, 6.45) is -12.4. The minimum Gasteiger partial charge on any atom is -0.305 e. The summed E-state index contributed by atoms with van der Waals surface area (Å²) in [6.45, 7) is 0. The Hall–Kier alpha value is -4.15. The van der Waals surface area contributed by atoms with Crippen molar-refractivity contribution in [2.45, 2.75) is 95.8 Å². The number of amides is 2. The zero-order valence-corrected chi connectivity index (χ0v) is 26.2. The number of hydrogen-bond donors (Lipinski definition) is 2. The maximum atomic E-state index is 14.2. The number of alkyl halides is 32. The van der Waals surface area contributed by atoms with Crippen molar-refractivity contribution >= 4 is 23.5 Å². The lowest BCUT2D eigenvalue weighted by atomic mass is 9.89. The number of nitrogens with one attached hydrogen (secondary N) is 2. The molecule has 0 fully saturated rings. The van der Waals surface area contributed by atoms with Crippen LogP contribution < -0.4 is 10.6 Å². The topological polar surface area (TPSA) is 71.1 Å². The molecule has 1 rings (SSSR count). The van der Waals surface area contributed by atoms with E-state index in [0.717, 1.165) is 0 Å². The first-order valence-electron chi connectivity index (χ1n) is 13.3. The quantitative estimate of drug-likeness (QED) is 0.144. The number of carbonyl (C=O) groups is 2. The minimum atomic E-state index is -9.03. The first-order chi connectivity index (χ1) is 25.9. The molecule has 0 aliphatic heterocycles. The molecule has 0 unspecified atom stereocenters. The van der Waals surface area contributed by atoms with Gasteiger partial charge in [0.05, 0.1) is 0 Å². The van der Waals surface area contributed by atoms with Gasteiger partial charge in [-0.25, -0.2) is 22.5 Å². The van der Waals surface area contributed by atoms with Crippen LogP contribution in [0.2, 0.25) is 0 Å². The van der Waals surface area contributed by atoms with Crippen LogP contribution in [-0.4, -0.2) is 113 Å². The molecule has 0 radical (unpaired) electrons. The van der Waals surface area contributed by atoms with Gasteiger partial charge in [0.25, 0.3) is 0 Å². The highest BCUT2D eigenvalue weighted by molar-refractivity contribution is 5.98. The van der Waals surface area contributed by atoms with Gasteiger partial charge in [-0.1, -0.05) is 6.07 Å². The van der Waals surface area contributed by atoms with Crippen LogP contribution in [0.15, 0.2) is 18.2 Å². The summed E-state index contributed by atoms with van der Waals surface area (Å²) in [5.41, 5.74) is 0. The van der Waals surface area contributed by atoms with Crippen LogP contribution in [-0.2, 0) is 9.59 Å². The van der Waals surface area contributed by atoms with Gasteiger partial charge >= 0.3 is 108 Å². The van der Waals surface area contributed by atoms with E-state index in [9.17, 15) is 150 Å². The normalized spacial score (nSPS) is 15.8. The Balaban J connectivity index is 3.60. The van der Waals surface area contributed by atoms with E-state index in [2.05, 4.69) is 4.98 Å². The van der Waals surface area contributed by atoms with E-state index in [0.29, 0.717) is 0 Å². The van der Waals surface area contributed by atoms with Crippen molar-refractivity contribution in [3.05, 3.63) is 18.2 Å². The number of rotatable bonds is 18. The van der Waals surface area contributed by atoms with E-state index in [1.165, 1.54) is 0 Å². The third-order valence-corrected chi connectivity index (χ3v) is 7.13. The number of aromatic nitrogens is 1. The molecule has 350 valence electrons. The van der Waals surface area contributed by atoms with Gasteiger partial charge in [0.2, 0.25) is 0 Å². The molecule has 2 N–H and O–H groups in total. The maximum absolute atomic E-state index is 14.2. The predicted octanol–water partition coefficient (Wildman–Crippen LogP) is 10.4. The first kappa shape index (κ1) is 53.9. The Kier molecular flexibility index (Phi) is 13.2. The molecule has 37 heteroatoms. The average Bonchev–Trinajstić information content (AvgIpc) is 3.06. The van der Waals surface area contributed by atoms with Gasteiger partial charge in [-0.3, -0.25) is 9.59 Å². The summed E-state index contributed by atoms with van der Waals surface area (Å²) in [5, 5.41) is 0.0186. The van der Waals surface area contributed by atoms with Crippen LogP contribution in [0.1, 0.15) is 0 Å². The zero-order valence-electron chi connectivity index (χ0n) is 26.2. The molecule has 1 heterocycles. The number of halogens is 32. The molecule has 0 aliphatic carbocycles.